The molecule has 0 aromatic carbocycles. The molecule has 0 radical (unpaired) electrons. The van der Waals surface area contributed by atoms with Crippen LogP contribution in [0.3, 0.4) is 0 Å². The number of aromatic nitrogens is 4. The molecule has 10 heteroatoms. The lowest BCUT2D eigenvalue weighted by atomic mass is 10.00. The average Bonchev–Trinajstić information content (AvgIpc) is 2.76. The number of anilines is 1. The van der Waals surface area contributed by atoms with Crippen LogP contribution in [0.5, 0.6) is 0 Å². The van der Waals surface area contributed by atoms with E-state index in [1.807, 2.05) is 18.4 Å². The minimum atomic E-state index is -0.300. The highest BCUT2D eigenvalue weighted by Crippen LogP contribution is 2.27. The Labute approximate surface area is 178 Å². The molecule has 1 unspecified atom stereocenters. The van der Waals surface area contributed by atoms with E-state index < -0.39 is 0 Å². The Kier molecular flexibility index (Phi) is 7.42. The molecule has 0 fully saturated rings. The van der Waals surface area contributed by atoms with Crippen molar-refractivity contribution in [1.29, 1.82) is 0 Å². The maximum absolute atomic E-state index is 12.7. The largest absolute Gasteiger partial charge is 0.496 e. The molecular weight excluding hydrogens is 412 g/mol. The lowest BCUT2D eigenvalue weighted by Crippen LogP contribution is -2.26. The lowest BCUT2D eigenvalue weighted by molar-refractivity contribution is 0.0949. The van der Waals surface area contributed by atoms with Gasteiger partial charge in [0.05, 0.1) is 18.7 Å². The molecule has 1 atom stereocenters. The highest BCUT2D eigenvalue weighted by atomic mass is 35.5. The molecule has 2 N–H and O–H groups in total. The number of amides is 1. The fourth-order valence-corrected chi connectivity index (χ4v) is 3.38. The third-order valence-electron chi connectivity index (χ3n) is 4.20. The van der Waals surface area contributed by atoms with Crippen LogP contribution in [0.4, 0.5) is 5.82 Å². The van der Waals surface area contributed by atoms with Gasteiger partial charge < -0.3 is 15.4 Å². The van der Waals surface area contributed by atoms with Crippen molar-refractivity contribution in [2.45, 2.75) is 18.1 Å². The Morgan fingerprint density at radius 3 is 2.83 bits per heavy atom. The fraction of sp³-hybridized carbons (Fsp3) is 0.316. The smallest absolute Gasteiger partial charge is 0.256 e. The fourth-order valence-electron chi connectivity index (χ4n) is 2.70. The molecule has 0 saturated carbocycles. The molecule has 1 aliphatic rings. The summed E-state index contributed by atoms with van der Waals surface area (Å²) in [7, 11) is 1.59. The van der Waals surface area contributed by atoms with Gasteiger partial charge in [0.15, 0.2) is 5.16 Å². The molecule has 29 heavy (non-hydrogen) atoms. The van der Waals surface area contributed by atoms with Crippen LogP contribution in [0.25, 0.3) is 0 Å². The zero-order valence-corrected chi connectivity index (χ0v) is 17.6. The minimum absolute atomic E-state index is 0.155. The molecule has 3 rings (SSSR count). The van der Waals surface area contributed by atoms with Gasteiger partial charge in [-0.3, -0.25) is 4.79 Å². The van der Waals surface area contributed by atoms with E-state index in [2.05, 4.69) is 30.6 Å². The molecule has 1 amide bonds. The highest BCUT2D eigenvalue weighted by Gasteiger charge is 2.19. The van der Waals surface area contributed by atoms with Gasteiger partial charge in [0.25, 0.3) is 5.91 Å². The van der Waals surface area contributed by atoms with E-state index in [0.29, 0.717) is 46.1 Å². The van der Waals surface area contributed by atoms with Crippen molar-refractivity contribution in [2.75, 3.05) is 25.2 Å². The van der Waals surface area contributed by atoms with Crippen molar-refractivity contribution in [3.63, 3.8) is 0 Å². The Balaban J connectivity index is 1.68. The van der Waals surface area contributed by atoms with Crippen molar-refractivity contribution in [2.24, 2.45) is 5.92 Å². The first-order valence-corrected chi connectivity index (χ1v) is 10.5. The predicted octanol–water partition coefficient (Wildman–Crippen LogP) is 3.00. The summed E-state index contributed by atoms with van der Waals surface area (Å²) in [4.78, 5) is 29.6. The summed E-state index contributed by atoms with van der Waals surface area (Å²) in [6.07, 6.45) is 11.2. The van der Waals surface area contributed by atoms with E-state index in [1.165, 1.54) is 18.0 Å². The molecule has 0 bridgehead atoms. The minimum Gasteiger partial charge on any atom is -0.496 e. The van der Waals surface area contributed by atoms with Gasteiger partial charge in [-0.15, -0.1) is 0 Å². The van der Waals surface area contributed by atoms with Crippen LogP contribution in [0.1, 0.15) is 22.6 Å². The van der Waals surface area contributed by atoms with Gasteiger partial charge in [-0.2, -0.15) is 0 Å². The van der Waals surface area contributed by atoms with Crippen LogP contribution in [-0.2, 0) is 11.3 Å². The molecule has 0 spiro atoms. The number of carbonyl (C=O) groups excluding carboxylic acids is 1. The number of rotatable bonds is 8. The summed E-state index contributed by atoms with van der Waals surface area (Å²) in [5.74, 6) is 1.54. The summed E-state index contributed by atoms with van der Waals surface area (Å²) >= 11 is 7.66. The summed E-state index contributed by atoms with van der Waals surface area (Å²) in [6, 6.07) is 1.72. The Morgan fingerprint density at radius 1 is 1.34 bits per heavy atom. The van der Waals surface area contributed by atoms with Crippen LogP contribution in [0, 0.1) is 5.92 Å². The molecular formula is C19H21ClN6O2S. The van der Waals surface area contributed by atoms with Crippen molar-refractivity contribution in [3.05, 3.63) is 59.0 Å². The summed E-state index contributed by atoms with van der Waals surface area (Å²) < 4.78 is 5.21. The van der Waals surface area contributed by atoms with Crippen LogP contribution in [0.15, 0.2) is 52.8 Å². The van der Waals surface area contributed by atoms with E-state index in [-0.39, 0.29) is 18.4 Å². The first kappa shape index (κ1) is 21.1. The number of halogens is 1. The second-order valence-corrected chi connectivity index (χ2v) is 7.37. The summed E-state index contributed by atoms with van der Waals surface area (Å²) in [5, 5.41) is 7.32. The standard InChI is InChI=1S/C19H21ClN6O2S/c1-28-15-5-4-12(8-14(15)20)9-23-17-13(10-25-19(26-17)29-2)18(27)24-11-16-21-6-3-7-22-16/h3-7,10,12H,8-9,11H2,1-2H3,(H,24,27)(H,23,25,26). The van der Waals surface area contributed by atoms with Gasteiger partial charge in [-0.1, -0.05) is 29.4 Å². The molecule has 2 aromatic heterocycles. The zero-order chi connectivity index (χ0) is 20.6. The Bertz CT molecular complexity index is 922. The number of hydrogen-bond donors (Lipinski definition) is 2. The second kappa shape index (κ2) is 10.2. The molecule has 8 nitrogen and oxygen atoms in total. The molecule has 0 aliphatic heterocycles. The van der Waals surface area contributed by atoms with Crippen LogP contribution >= 0.6 is 23.4 Å². The zero-order valence-electron chi connectivity index (χ0n) is 16.1. The first-order valence-electron chi connectivity index (χ1n) is 8.90. The van der Waals surface area contributed by atoms with E-state index in [9.17, 15) is 4.79 Å². The normalized spacial score (nSPS) is 15.9. The number of methoxy groups -OCH3 is 1. The van der Waals surface area contributed by atoms with Gasteiger partial charge in [0, 0.05) is 25.1 Å². The van der Waals surface area contributed by atoms with Crippen LogP contribution in [0.2, 0.25) is 0 Å². The van der Waals surface area contributed by atoms with Crippen LogP contribution < -0.4 is 10.6 Å². The van der Waals surface area contributed by atoms with E-state index in [0.717, 1.165) is 0 Å². The Hall–Kier alpha value is -2.65. The molecule has 2 aromatic rings. The highest BCUT2D eigenvalue weighted by molar-refractivity contribution is 7.98. The van der Waals surface area contributed by atoms with Gasteiger partial charge in [0.2, 0.25) is 0 Å². The van der Waals surface area contributed by atoms with Gasteiger partial charge in [0.1, 0.15) is 23.0 Å². The van der Waals surface area contributed by atoms with E-state index >= 15 is 0 Å². The molecule has 1 aliphatic carbocycles. The van der Waals surface area contributed by atoms with Crippen molar-refractivity contribution < 1.29 is 9.53 Å². The van der Waals surface area contributed by atoms with Crippen molar-refractivity contribution >= 4 is 35.1 Å². The first-order chi connectivity index (χ1) is 14.1. The predicted molar refractivity (Wildman–Crippen MR) is 113 cm³/mol. The Morgan fingerprint density at radius 2 is 2.14 bits per heavy atom. The maximum atomic E-state index is 12.7. The van der Waals surface area contributed by atoms with E-state index in [1.54, 1.807) is 25.6 Å². The number of thioether (sulfide) groups is 1. The molecule has 152 valence electrons. The summed E-state index contributed by atoms with van der Waals surface area (Å²) in [5.41, 5.74) is 0.359. The number of nitrogens with zero attached hydrogens (tertiary/aromatic N) is 4. The SMILES string of the molecule is COC1=C(Cl)CC(CNc2nc(SC)ncc2C(=O)NCc2ncccn2)C=C1. The maximum Gasteiger partial charge on any atom is 0.256 e. The number of allylic oxidation sites excluding steroid dienone is 2. The summed E-state index contributed by atoms with van der Waals surface area (Å²) in [6.45, 7) is 0.783. The molecule has 0 saturated heterocycles. The van der Waals surface area contributed by atoms with Crippen molar-refractivity contribution in [1.82, 2.24) is 25.3 Å². The number of nitrogens with one attached hydrogen (secondary N) is 2. The van der Waals surface area contributed by atoms with Gasteiger partial charge >= 0.3 is 0 Å². The van der Waals surface area contributed by atoms with E-state index in [4.69, 9.17) is 16.3 Å². The quantitative estimate of drug-likeness (QED) is 0.484. The third kappa shape index (κ3) is 5.68. The second-order valence-electron chi connectivity index (χ2n) is 6.14. The topological polar surface area (TPSA) is 102 Å². The number of hydrogen-bond acceptors (Lipinski definition) is 8. The van der Waals surface area contributed by atoms with Crippen LogP contribution in [-0.4, -0.2) is 45.8 Å². The number of carbonyl (C=O) groups is 1. The van der Waals surface area contributed by atoms with Gasteiger partial charge in [-0.05, 0) is 30.7 Å². The monoisotopic (exact) mass is 432 g/mol. The van der Waals surface area contributed by atoms with Crippen molar-refractivity contribution in [3.8, 4) is 0 Å². The lowest BCUT2D eigenvalue weighted by Gasteiger charge is -2.20. The third-order valence-corrected chi connectivity index (χ3v) is 5.10. The van der Waals surface area contributed by atoms with Gasteiger partial charge in [-0.25, -0.2) is 19.9 Å². The molecule has 2 heterocycles. The number of ether oxygens (including phenoxy) is 1. The average molecular weight is 433 g/mol.